The van der Waals surface area contributed by atoms with Gasteiger partial charge in [0.25, 0.3) is 0 Å². The first-order chi connectivity index (χ1) is 8.52. The van der Waals surface area contributed by atoms with Crippen LogP contribution in [-0.2, 0) is 11.2 Å². The Labute approximate surface area is 108 Å². The molecule has 100 valence electrons. The Morgan fingerprint density at radius 2 is 1.94 bits per heavy atom. The van der Waals surface area contributed by atoms with E-state index in [9.17, 15) is 9.90 Å². The van der Waals surface area contributed by atoms with Gasteiger partial charge < -0.3 is 21.0 Å². The number of carboxylic acids is 1. The molecule has 0 saturated heterocycles. The quantitative estimate of drug-likeness (QED) is 0.495. The molecule has 0 saturated carbocycles. The standard InChI is InChI=1S/C10H12N2O2.C3H9N/c11-9(12)8(10(13)14)6-7-4-2-1-3-5-7;1-3-4-2/h1-5,8H,6H2,(H3,11,12)(H,13,14);4H,3H2,1-2H3/p-1. The zero-order valence-corrected chi connectivity index (χ0v) is 10.8. The van der Waals surface area contributed by atoms with Crippen molar-refractivity contribution in [2.45, 2.75) is 13.3 Å². The van der Waals surface area contributed by atoms with Crippen molar-refractivity contribution < 1.29 is 9.90 Å². The van der Waals surface area contributed by atoms with Crippen molar-refractivity contribution in [3.8, 4) is 0 Å². The van der Waals surface area contributed by atoms with Gasteiger partial charge in [-0.25, -0.2) is 0 Å². The Kier molecular flexibility index (Phi) is 8.22. The fourth-order valence-electron chi connectivity index (χ4n) is 1.17. The molecular weight excluding hydrogens is 230 g/mol. The molecule has 0 bridgehead atoms. The summed E-state index contributed by atoms with van der Waals surface area (Å²) in [6.45, 7) is 3.14. The van der Waals surface area contributed by atoms with E-state index in [1.165, 1.54) is 0 Å². The number of nitrogens with two attached hydrogens (primary N) is 1. The van der Waals surface area contributed by atoms with Gasteiger partial charge >= 0.3 is 0 Å². The first kappa shape index (κ1) is 16.1. The molecule has 0 aliphatic rings. The van der Waals surface area contributed by atoms with Crippen LogP contribution >= 0.6 is 0 Å². The van der Waals surface area contributed by atoms with Crippen molar-refractivity contribution in [3.05, 3.63) is 35.9 Å². The zero-order valence-electron chi connectivity index (χ0n) is 10.8. The van der Waals surface area contributed by atoms with E-state index in [0.29, 0.717) is 0 Å². The van der Waals surface area contributed by atoms with Crippen molar-refractivity contribution >= 4 is 11.8 Å². The molecule has 0 aliphatic heterocycles. The summed E-state index contributed by atoms with van der Waals surface area (Å²) < 4.78 is 0. The molecule has 18 heavy (non-hydrogen) atoms. The molecule has 1 atom stereocenters. The first-order valence-corrected chi connectivity index (χ1v) is 5.76. The van der Waals surface area contributed by atoms with Gasteiger partial charge in [0.05, 0.1) is 17.7 Å². The lowest BCUT2D eigenvalue weighted by Crippen LogP contribution is -2.40. The van der Waals surface area contributed by atoms with E-state index in [4.69, 9.17) is 11.1 Å². The monoisotopic (exact) mass is 250 g/mol. The molecule has 4 N–H and O–H groups in total. The van der Waals surface area contributed by atoms with Gasteiger partial charge in [0.1, 0.15) is 0 Å². The minimum atomic E-state index is -1.30. The average Bonchev–Trinajstić information content (AvgIpc) is 2.36. The fourth-order valence-corrected chi connectivity index (χ4v) is 1.17. The van der Waals surface area contributed by atoms with Crippen LogP contribution in [0.4, 0.5) is 0 Å². The van der Waals surface area contributed by atoms with Gasteiger partial charge in [0.2, 0.25) is 0 Å². The Morgan fingerprint density at radius 1 is 1.44 bits per heavy atom. The predicted octanol–water partition coefficient (Wildman–Crippen LogP) is -0.243. The third-order valence-corrected chi connectivity index (χ3v) is 2.30. The van der Waals surface area contributed by atoms with Gasteiger partial charge in [-0.1, -0.05) is 37.3 Å². The maximum Gasteiger partial charge on any atom is 0.0997 e. The van der Waals surface area contributed by atoms with E-state index in [1.54, 1.807) is 12.1 Å². The van der Waals surface area contributed by atoms with E-state index in [2.05, 4.69) is 12.2 Å². The van der Waals surface area contributed by atoms with Gasteiger partial charge in [0.15, 0.2) is 0 Å². The van der Waals surface area contributed by atoms with Crippen LogP contribution in [0.5, 0.6) is 0 Å². The second-order valence-corrected chi connectivity index (χ2v) is 3.72. The van der Waals surface area contributed by atoms with Gasteiger partial charge in [-0.15, -0.1) is 0 Å². The van der Waals surface area contributed by atoms with Crippen molar-refractivity contribution in [3.63, 3.8) is 0 Å². The first-order valence-electron chi connectivity index (χ1n) is 5.76. The van der Waals surface area contributed by atoms with Crippen molar-refractivity contribution in [2.24, 2.45) is 11.7 Å². The molecule has 0 aliphatic carbocycles. The van der Waals surface area contributed by atoms with Gasteiger partial charge in [0, 0.05) is 0 Å². The number of benzene rings is 1. The van der Waals surface area contributed by atoms with Crippen LogP contribution in [-0.4, -0.2) is 25.4 Å². The lowest BCUT2D eigenvalue weighted by Gasteiger charge is -2.15. The number of aliphatic carboxylic acids is 1. The van der Waals surface area contributed by atoms with Crippen molar-refractivity contribution in [1.82, 2.24) is 5.32 Å². The maximum absolute atomic E-state index is 10.6. The van der Waals surface area contributed by atoms with E-state index in [0.717, 1.165) is 12.1 Å². The van der Waals surface area contributed by atoms with E-state index < -0.39 is 11.9 Å². The van der Waals surface area contributed by atoms with Crippen LogP contribution < -0.4 is 16.2 Å². The van der Waals surface area contributed by atoms with Crippen LogP contribution in [0.1, 0.15) is 12.5 Å². The molecule has 5 heteroatoms. The van der Waals surface area contributed by atoms with Gasteiger partial charge in [-0.05, 0) is 25.6 Å². The summed E-state index contributed by atoms with van der Waals surface area (Å²) in [5.74, 6) is -2.70. The molecule has 1 unspecified atom stereocenters. The summed E-state index contributed by atoms with van der Waals surface area (Å²) in [4.78, 5) is 10.6. The summed E-state index contributed by atoms with van der Waals surface area (Å²) in [5.41, 5.74) is 5.98. The third-order valence-electron chi connectivity index (χ3n) is 2.30. The molecule has 1 aromatic rings. The summed E-state index contributed by atoms with van der Waals surface area (Å²) in [7, 11) is 1.93. The number of carboxylic acid groups (broad SMARTS) is 1. The molecule has 0 heterocycles. The Morgan fingerprint density at radius 3 is 2.28 bits per heavy atom. The highest BCUT2D eigenvalue weighted by Gasteiger charge is 2.13. The number of nitrogens with one attached hydrogen (secondary N) is 2. The topological polar surface area (TPSA) is 102 Å². The molecule has 0 amide bonds. The molecule has 0 spiro atoms. The largest absolute Gasteiger partial charge is 0.549 e. The summed E-state index contributed by atoms with van der Waals surface area (Å²) in [6.07, 6.45) is 0.207. The minimum absolute atomic E-state index is 0.207. The van der Waals surface area contributed by atoms with Crippen molar-refractivity contribution in [2.75, 3.05) is 13.6 Å². The van der Waals surface area contributed by atoms with Crippen LogP contribution in [0.2, 0.25) is 0 Å². The number of hydrogen-bond acceptors (Lipinski definition) is 4. The smallest absolute Gasteiger partial charge is 0.0997 e. The van der Waals surface area contributed by atoms with E-state index in [1.807, 2.05) is 25.2 Å². The molecule has 1 aromatic carbocycles. The summed E-state index contributed by atoms with van der Waals surface area (Å²) in [5, 5.41) is 20.6. The average molecular weight is 250 g/mol. The highest BCUT2D eigenvalue weighted by Crippen LogP contribution is 2.07. The van der Waals surface area contributed by atoms with Crippen LogP contribution in [0, 0.1) is 11.3 Å². The Balaban J connectivity index is 0.000000631. The third kappa shape index (κ3) is 6.65. The van der Waals surface area contributed by atoms with Crippen molar-refractivity contribution in [1.29, 1.82) is 5.41 Å². The molecule has 1 rings (SSSR count). The summed E-state index contributed by atoms with van der Waals surface area (Å²) >= 11 is 0. The Hall–Kier alpha value is -1.88. The fraction of sp³-hybridized carbons (Fsp3) is 0.385. The predicted molar refractivity (Wildman–Crippen MR) is 70.2 cm³/mol. The highest BCUT2D eigenvalue weighted by atomic mass is 16.4. The number of carbonyl (C=O) groups excluding carboxylic acids is 1. The number of rotatable bonds is 5. The van der Waals surface area contributed by atoms with E-state index >= 15 is 0 Å². The lowest BCUT2D eigenvalue weighted by atomic mass is 9.99. The molecular formula is C13H20N3O2-. The number of carbonyl (C=O) groups is 1. The Bertz CT molecular complexity index is 350. The molecule has 0 aromatic heterocycles. The lowest BCUT2D eigenvalue weighted by molar-refractivity contribution is -0.308. The normalized spacial score (nSPS) is 11.0. The second-order valence-electron chi connectivity index (χ2n) is 3.72. The van der Waals surface area contributed by atoms with Gasteiger partial charge in [-0.3, -0.25) is 5.41 Å². The SMILES string of the molecule is CCNC.N=C(N)C(Cc1ccccc1)C(=O)[O-]. The van der Waals surface area contributed by atoms with Gasteiger partial charge in [-0.2, -0.15) is 0 Å². The van der Waals surface area contributed by atoms with E-state index in [-0.39, 0.29) is 12.3 Å². The number of amidine groups is 1. The highest BCUT2D eigenvalue weighted by molar-refractivity contribution is 5.96. The zero-order chi connectivity index (χ0) is 14.0. The molecule has 0 radical (unpaired) electrons. The minimum Gasteiger partial charge on any atom is -0.549 e. The van der Waals surface area contributed by atoms with Crippen LogP contribution in [0.25, 0.3) is 0 Å². The summed E-state index contributed by atoms with van der Waals surface area (Å²) in [6, 6.07) is 9.03. The van der Waals surface area contributed by atoms with Crippen LogP contribution in [0.15, 0.2) is 30.3 Å². The maximum atomic E-state index is 10.6. The second kappa shape index (κ2) is 9.18. The van der Waals surface area contributed by atoms with Crippen LogP contribution in [0.3, 0.4) is 0 Å². The molecule has 5 nitrogen and oxygen atoms in total. The molecule has 0 fully saturated rings. The number of hydrogen-bond donors (Lipinski definition) is 3.